The molecule has 2 atom stereocenters. The van der Waals surface area contributed by atoms with Crippen molar-refractivity contribution in [2.75, 3.05) is 0 Å². The minimum Gasteiger partial charge on any atom is -0.289 e. The maximum Gasteiger partial charge on any atom is 0.0351 e. The summed E-state index contributed by atoms with van der Waals surface area (Å²) in [6.45, 7) is 9.43. The number of rotatable bonds is 2. The lowest BCUT2D eigenvalue weighted by Gasteiger charge is -2.37. The van der Waals surface area contributed by atoms with E-state index in [2.05, 4.69) is 48.4 Å². The van der Waals surface area contributed by atoms with Gasteiger partial charge in [-0.2, -0.15) is 0 Å². The van der Waals surface area contributed by atoms with Crippen LogP contribution in [0.15, 0.2) is 54.6 Å². The molecule has 0 amide bonds. The van der Waals surface area contributed by atoms with Gasteiger partial charge in [0.05, 0.1) is 0 Å². The van der Waals surface area contributed by atoms with Crippen LogP contribution in [-0.2, 0) is 6.54 Å². The molecule has 0 aliphatic carbocycles. The molecule has 0 radical (unpaired) electrons. The Morgan fingerprint density at radius 3 is 2.65 bits per heavy atom. The Hall–Kier alpha value is -1.34. The van der Waals surface area contributed by atoms with Gasteiger partial charge in [-0.1, -0.05) is 43.5 Å². The van der Waals surface area contributed by atoms with E-state index >= 15 is 0 Å². The first-order chi connectivity index (χ1) is 8.25. The Morgan fingerprint density at radius 2 is 1.88 bits per heavy atom. The second-order valence-electron chi connectivity index (χ2n) is 5.24. The third kappa shape index (κ3) is 1.85. The van der Waals surface area contributed by atoms with E-state index in [1.54, 1.807) is 0 Å². The number of nitrogens with zero attached hydrogens (tertiary/aromatic N) is 1. The number of fused-ring (bicyclic) bond motifs is 2. The van der Waals surface area contributed by atoms with Crippen LogP contribution < -0.4 is 0 Å². The summed E-state index contributed by atoms with van der Waals surface area (Å²) >= 11 is 0. The Morgan fingerprint density at radius 1 is 1.12 bits per heavy atom. The quantitative estimate of drug-likeness (QED) is 0.744. The second kappa shape index (κ2) is 4.15. The first kappa shape index (κ1) is 10.8. The van der Waals surface area contributed by atoms with Crippen molar-refractivity contribution in [3.05, 3.63) is 60.2 Å². The van der Waals surface area contributed by atoms with Gasteiger partial charge in [0, 0.05) is 18.6 Å². The van der Waals surface area contributed by atoms with Crippen molar-refractivity contribution in [2.45, 2.75) is 37.9 Å². The van der Waals surface area contributed by atoms with Gasteiger partial charge in [-0.15, -0.1) is 0 Å². The van der Waals surface area contributed by atoms with Crippen molar-refractivity contribution in [3.63, 3.8) is 0 Å². The van der Waals surface area contributed by atoms with E-state index in [-0.39, 0.29) is 0 Å². The molecule has 2 aliphatic heterocycles. The van der Waals surface area contributed by atoms with Gasteiger partial charge < -0.3 is 0 Å². The summed E-state index contributed by atoms with van der Waals surface area (Å²) in [6.07, 6.45) is 3.67. The first-order valence-corrected chi connectivity index (χ1v) is 6.42. The molecule has 3 rings (SSSR count). The molecule has 1 aromatic carbocycles. The summed E-state index contributed by atoms with van der Waals surface area (Å²) in [5.41, 5.74) is 3.96. The van der Waals surface area contributed by atoms with Gasteiger partial charge in [0.25, 0.3) is 0 Å². The molecule has 1 aromatic rings. The zero-order valence-corrected chi connectivity index (χ0v) is 10.2. The standard InChI is InChI=1S/C16H19N/c1-12-10-15-8-9-16(13(12)2)17(15)11-14-6-4-3-5-7-14/h3-7,15-16H,1-2,8-11H2. The monoisotopic (exact) mass is 225 g/mol. The molecule has 2 bridgehead atoms. The lowest BCUT2D eigenvalue weighted by Crippen LogP contribution is -2.40. The van der Waals surface area contributed by atoms with Crippen molar-refractivity contribution in [2.24, 2.45) is 0 Å². The van der Waals surface area contributed by atoms with Gasteiger partial charge in [-0.05, 0) is 36.0 Å². The first-order valence-electron chi connectivity index (χ1n) is 6.42. The van der Waals surface area contributed by atoms with Crippen LogP contribution in [0.5, 0.6) is 0 Å². The Balaban J connectivity index is 1.81. The van der Waals surface area contributed by atoms with Gasteiger partial charge in [0.15, 0.2) is 0 Å². The summed E-state index contributed by atoms with van der Waals surface area (Å²) in [5, 5.41) is 0. The molecule has 88 valence electrons. The van der Waals surface area contributed by atoms with E-state index in [0.717, 1.165) is 13.0 Å². The number of hydrogen-bond acceptors (Lipinski definition) is 1. The lowest BCUT2D eigenvalue weighted by molar-refractivity contribution is 0.187. The second-order valence-corrected chi connectivity index (χ2v) is 5.24. The predicted octanol–water partition coefficient (Wildman–Crippen LogP) is 3.54. The third-order valence-corrected chi connectivity index (χ3v) is 4.19. The molecule has 2 saturated heterocycles. The molecule has 17 heavy (non-hydrogen) atoms. The van der Waals surface area contributed by atoms with Crippen LogP contribution in [0.4, 0.5) is 0 Å². The van der Waals surface area contributed by atoms with Crippen LogP contribution >= 0.6 is 0 Å². The molecule has 0 aromatic heterocycles. The fourth-order valence-corrected chi connectivity index (χ4v) is 3.21. The van der Waals surface area contributed by atoms with Crippen LogP contribution in [0.3, 0.4) is 0 Å². The summed E-state index contributed by atoms with van der Waals surface area (Å²) in [5.74, 6) is 0. The minimum absolute atomic E-state index is 0.543. The van der Waals surface area contributed by atoms with Crippen LogP contribution in [0, 0.1) is 0 Å². The molecule has 2 aliphatic rings. The van der Waals surface area contributed by atoms with Crippen LogP contribution in [0.25, 0.3) is 0 Å². The fraction of sp³-hybridized carbons (Fsp3) is 0.375. The van der Waals surface area contributed by atoms with E-state index in [1.165, 1.54) is 29.6 Å². The van der Waals surface area contributed by atoms with Crippen molar-refractivity contribution in [3.8, 4) is 0 Å². The lowest BCUT2D eigenvalue weighted by atomic mass is 9.93. The highest BCUT2D eigenvalue weighted by molar-refractivity contribution is 5.36. The van der Waals surface area contributed by atoms with Crippen molar-refractivity contribution in [1.82, 2.24) is 4.90 Å². The molecular weight excluding hydrogens is 206 g/mol. The highest BCUT2D eigenvalue weighted by Gasteiger charge is 2.39. The van der Waals surface area contributed by atoms with E-state index in [4.69, 9.17) is 0 Å². The predicted molar refractivity (Wildman–Crippen MR) is 71.7 cm³/mol. The largest absolute Gasteiger partial charge is 0.289 e. The van der Waals surface area contributed by atoms with E-state index in [9.17, 15) is 0 Å². The third-order valence-electron chi connectivity index (χ3n) is 4.19. The van der Waals surface area contributed by atoms with E-state index < -0.39 is 0 Å². The van der Waals surface area contributed by atoms with Crippen molar-refractivity contribution in [1.29, 1.82) is 0 Å². The molecule has 1 heteroatoms. The molecule has 2 heterocycles. The van der Waals surface area contributed by atoms with E-state index in [0.29, 0.717) is 12.1 Å². The normalized spacial score (nSPS) is 28.7. The number of benzene rings is 1. The molecule has 1 nitrogen and oxygen atoms in total. The minimum atomic E-state index is 0.543. The van der Waals surface area contributed by atoms with Gasteiger partial charge in [-0.3, -0.25) is 4.90 Å². The van der Waals surface area contributed by atoms with Gasteiger partial charge in [0.2, 0.25) is 0 Å². The SMILES string of the molecule is C=C1CC2CCC(C1=C)N2Cc1ccccc1. The molecule has 0 N–H and O–H groups in total. The maximum atomic E-state index is 4.22. The topological polar surface area (TPSA) is 3.24 Å². The highest BCUT2D eigenvalue weighted by atomic mass is 15.2. The summed E-state index contributed by atoms with van der Waals surface area (Å²) < 4.78 is 0. The summed E-state index contributed by atoms with van der Waals surface area (Å²) in [4.78, 5) is 2.62. The zero-order chi connectivity index (χ0) is 11.8. The van der Waals surface area contributed by atoms with Crippen LogP contribution in [0.1, 0.15) is 24.8 Å². The van der Waals surface area contributed by atoms with Crippen LogP contribution in [0.2, 0.25) is 0 Å². The summed E-state index contributed by atoms with van der Waals surface area (Å²) in [7, 11) is 0. The van der Waals surface area contributed by atoms with E-state index in [1.807, 2.05) is 0 Å². The van der Waals surface area contributed by atoms with Crippen molar-refractivity contribution >= 4 is 0 Å². The average molecular weight is 225 g/mol. The Labute approximate surface area is 103 Å². The number of piperidine rings is 1. The molecule has 0 spiro atoms. The zero-order valence-electron chi connectivity index (χ0n) is 10.2. The number of hydrogen-bond donors (Lipinski definition) is 0. The van der Waals surface area contributed by atoms with Gasteiger partial charge in [-0.25, -0.2) is 0 Å². The fourth-order valence-electron chi connectivity index (χ4n) is 3.21. The summed E-state index contributed by atoms with van der Waals surface area (Å²) in [6, 6.07) is 12.0. The van der Waals surface area contributed by atoms with Gasteiger partial charge in [0.1, 0.15) is 0 Å². The molecule has 2 unspecified atom stereocenters. The van der Waals surface area contributed by atoms with Crippen molar-refractivity contribution < 1.29 is 0 Å². The highest BCUT2D eigenvalue weighted by Crippen LogP contribution is 2.41. The molecule has 2 fully saturated rings. The molecule has 0 saturated carbocycles. The smallest absolute Gasteiger partial charge is 0.0351 e. The van der Waals surface area contributed by atoms with Gasteiger partial charge >= 0.3 is 0 Å². The van der Waals surface area contributed by atoms with Crippen LogP contribution in [-0.4, -0.2) is 17.0 Å². The maximum absolute atomic E-state index is 4.22. The Bertz CT molecular complexity index is 446. The molecular formula is C16H19N. The Kier molecular flexibility index (Phi) is 2.64. The average Bonchev–Trinajstić information content (AvgIpc) is 2.65.